The lowest BCUT2D eigenvalue weighted by Crippen LogP contribution is -2.14. The molecule has 0 unspecified atom stereocenters. The number of pyridine rings is 2. The van der Waals surface area contributed by atoms with E-state index in [1.165, 1.54) is 22.9 Å². The predicted molar refractivity (Wildman–Crippen MR) is 113 cm³/mol. The minimum Gasteiger partial charge on any atom is -0.503 e. The molecular formula is C22H13N3O7. The van der Waals surface area contributed by atoms with Gasteiger partial charge in [0.2, 0.25) is 5.75 Å². The number of hydrogen-bond acceptors (Lipinski definition) is 9. The van der Waals surface area contributed by atoms with Crippen LogP contribution >= 0.6 is 0 Å². The first-order valence-electron chi connectivity index (χ1n) is 9.40. The molecule has 6 rings (SSSR count). The summed E-state index contributed by atoms with van der Waals surface area (Å²) < 4.78 is 6.57. The molecule has 0 bridgehead atoms. The van der Waals surface area contributed by atoms with Crippen LogP contribution in [0.5, 0.6) is 29.2 Å². The second-order valence-corrected chi connectivity index (χ2v) is 7.18. The van der Waals surface area contributed by atoms with Crippen LogP contribution in [0, 0.1) is 0 Å². The summed E-state index contributed by atoms with van der Waals surface area (Å²) in [6.07, 6.45) is 1.63. The largest absolute Gasteiger partial charge is 0.503 e. The number of hydrogen-bond donors (Lipinski definition) is 4. The van der Waals surface area contributed by atoms with Crippen molar-refractivity contribution in [3.8, 4) is 29.2 Å². The van der Waals surface area contributed by atoms with Crippen molar-refractivity contribution in [1.82, 2.24) is 14.7 Å². The predicted octanol–water partition coefficient (Wildman–Crippen LogP) is 3.73. The smallest absolute Gasteiger partial charge is 0.282 e. The van der Waals surface area contributed by atoms with Crippen LogP contribution in [-0.4, -0.2) is 35.1 Å². The van der Waals surface area contributed by atoms with Gasteiger partial charge in [0.25, 0.3) is 17.7 Å². The zero-order chi connectivity index (χ0) is 22.0. The molecule has 0 aliphatic rings. The zero-order valence-corrected chi connectivity index (χ0v) is 16.1. The Morgan fingerprint density at radius 2 is 1.50 bits per heavy atom. The molecule has 10 nitrogen and oxygen atoms in total. The normalized spacial score (nSPS) is 11.6. The van der Waals surface area contributed by atoms with Crippen molar-refractivity contribution in [3.05, 3.63) is 54.7 Å². The zero-order valence-electron chi connectivity index (χ0n) is 16.1. The van der Waals surface area contributed by atoms with Crippen molar-refractivity contribution >= 4 is 43.7 Å². The average molecular weight is 431 g/mol. The lowest BCUT2D eigenvalue weighted by Gasteiger charge is -2.10. The summed E-state index contributed by atoms with van der Waals surface area (Å²) in [6.45, 7) is 0. The molecule has 0 amide bonds. The monoisotopic (exact) mass is 431 g/mol. The fourth-order valence-electron chi connectivity index (χ4n) is 3.66. The molecule has 0 saturated carbocycles. The maximum atomic E-state index is 10.4. The van der Waals surface area contributed by atoms with E-state index in [0.717, 1.165) is 10.8 Å². The van der Waals surface area contributed by atoms with Gasteiger partial charge in [0.1, 0.15) is 16.6 Å². The number of aromatic hydroxyl groups is 4. The van der Waals surface area contributed by atoms with Crippen molar-refractivity contribution in [1.29, 1.82) is 0 Å². The molecule has 4 aromatic heterocycles. The molecule has 0 spiro atoms. The lowest BCUT2D eigenvalue weighted by atomic mass is 10.1. The highest BCUT2D eigenvalue weighted by Crippen LogP contribution is 2.35. The molecule has 0 atom stereocenters. The van der Waals surface area contributed by atoms with Crippen LogP contribution in [0.15, 0.2) is 59.1 Å². The summed E-state index contributed by atoms with van der Waals surface area (Å²) >= 11 is 0. The van der Waals surface area contributed by atoms with Crippen molar-refractivity contribution in [2.75, 3.05) is 0 Å². The van der Waals surface area contributed by atoms with Gasteiger partial charge in [0.15, 0.2) is 5.75 Å². The Morgan fingerprint density at radius 1 is 0.750 bits per heavy atom. The van der Waals surface area contributed by atoms with Crippen molar-refractivity contribution in [3.63, 3.8) is 0 Å². The molecule has 32 heavy (non-hydrogen) atoms. The molecular weight excluding hydrogens is 418 g/mol. The lowest BCUT2D eigenvalue weighted by molar-refractivity contribution is -0.205. The van der Waals surface area contributed by atoms with Gasteiger partial charge in [0, 0.05) is 45.9 Å². The quantitative estimate of drug-likeness (QED) is 0.187. The van der Waals surface area contributed by atoms with Gasteiger partial charge in [-0.25, -0.2) is 9.97 Å². The van der Waals surface area contributed by atoms with Gasteiger partial charge in [-0.2, -0.15) is 4.99 Å². The summed E-state index contributed by atoms with van der Waals surface area (Å²) in [6, 6.07) is 13.1. The number of rotatable bonds is 3. The number of benzene rings is 2. The molecule has 0 aliphatic carbocycles. The molecule has 10 heteroatoms. The van der Waals surface area contributed by atoms with Gasteiger partial charge in [-0.05, 0) is 18.2 Å². The third kappa shape index (κ3) is 2.67. The van der Waals surface area contributed by atoms with Crippen LogP contribution in [0.25, 0.3) is 43.7 Å². The average Bonchev–Trinajstić information content (AvgIpc) is 3.33. The molecule has 6 aromatic rings. The maximum Gasteiger partial charge on any atom is 0.282 e. The van der Waals surface area contributed by atoms with Gasteiger partial charge < -0.3 is 24.8 Å². The minimum atomic E-state index is -0.534. The third-order valence-corrected chi connectivity index (χ3v) is 5.16. The summed E-state index contributed by atoms with van der Waals surface area (Å²) in [5, 5.41) is 41.9. The molecule has 4 N–H and O–H groups in total. The van der Waals surface area contributed by atoms with Crippen LogP contribution in [0.4, 0.5) is 0 Å². The van der Waals surface area contributed by atoms with Crippen LogP contribution in [-0.2, 0) is 0 Å². The van der Waals surface area contributed by atoms with Crippen LogP contribution < -0.4 is 9.88 Å². The molecule has 2 aromatic carbocycles. The van der Waals surface area contributed by atoms with Crippen molar-refractivity contribution in [2.45, 2.75) is 0 Å². The molecule has 0 aliphatic heterocycles. The Hall–Kier alpha value is -4.86. The fraction of sp³-hybridized carbons (Fsp3) is 0. The molecule has 158 valence electrons. The Morgan fingerprint density at radius 3 is 2.31 bits per heavy atom. The second-order valence-electron chi connectivity index (χ2n) is 7.18. The van der Waals surface area contributed by atoms with Gasteiger partial charge in [-0.3, -0.25) is 4.89 Å². The van der Waals surface area contributed by atoms with Crippen LogP contribution in [0.2, 0.25) is 0 Å². The summed E-state index contributed by atoms with van der Waals surface area (Å²) in [5.41, 5.74) is 1.71. The van der Waals surface area contributed by atoms with Crippen LogP contribution in [0.1, 0.15) is 0 Å². The van der Waals surface area contributed by atoms with Crippen molar-refractivity contribution in [2.24, 2.45) is 0 Å². The summed E-state index contributed by atoms with van der Waals surface area (Å²) in [5.74, 6) is -1.56. The molecule has 0 radical (unpaired) electrons. The highest BCUT2D eigenvalue weighted by Gasteiger charge is 2.15. The maximum absolute atomic E-state index is 10.4. The van der Waals surface area contributed by atoms with E-state index in [9.17, 15) is 20.4 Å². The SMILES string of the molecule is Oc1cc2cc3ccn(OOc4cc5ccc6cc(O)c(O)nc6c5nc4O)c3cc2o1. The number of furan rings is 1. The number of aromatic nitrogens is 3. The highest BCUT2D eigenvalue weighted by molar-refractivity contribution is 6.04. The van der Waals surface area contributed by atoms with Gasteiger partial charge in [0.05, 0.1) is 5.52 Å². The fourth-order valence-corrected chi connectivity index (χ4v) is 3.66. The van der Waals surface area contributed by atoms with Crippen molar-refractivity contribution < 1.29 is 34.7 Å². The van der Waals surface area contributed by atoms with Crippen LogP contribution in [0.3, 0.4) is 0 Å². The Bertz CT molecular complexity index is 1690. The number of fused-ring (bicyclic) bond motifs is 5. The van der Waals surface area contributed by atoms with E-state index >= 15 is 0 Å². The van der Waals surface area contributed by atoms with E-state index in [-0.39, 0.29) is 17.4 Å². The topological polar surface area (TPSA) is 143 Å². The van der Waals surface area contributed by atoms with E-state index in [2.05, 4.69) is 9.97 Å². The Balaban J connectivity index is 1.37. The summed E-state index contributed by atoms with van der Waals surface area (Å²) in [7, 11) is 0. The van der Waals surface area contributed by atoms with E-state index in [1.54, 1.807) is 30.5 Å². The van der Waals surface area contributed by atoms with E-state index in [1.807, 2.05) is 6.07 Å². The van der Waals surface area contributed by atoms with E-state index in [4.69, 9.17) is 14.3 Å². The first-order chi connectivity index (χ1) is 15.5. The second kappa shape index (κ2) is 6.32. The first kappa shape index (κ1) is 18.0. The Kier molecular flexibility index (Phi) is 3.54. The van der Waals surface area contributed by atoms with Gasteiger partial charge >= 0.3 is 0 Å². The Labute approximate surface area is 177 Å². The highest BCUT2D eigenvalue weighted by atomic mass is 17.3. The van der Waals surface area contributed by atoms with E-state index in [0.29, 0.717) is 32.9 Å². The first-order valence-corrected chi connectivity index (χ1v) is 9.40. The van der Waals surface area contributed by atoms with Gasteiger partial charge in [-0.15, -0.1) is 4.73 Å². The van der Waals surface area contributed by atoms with E-state index < -0.39 is 11.8 Å². The third-order valence-electron chi connectivity index (χ3n) is 5.16. The standard InChI is InChI=1S/C22H13N3O7/c26-15-6-11-1-2-12-7-17(22(29)24-20(12)19(11)23-21(15)28)31-32-25-4-3-10-5-13-8-18(27)30-16(13)9-14(10)25/h1-9,26-27H,(H,23,28)(H,24,29). The molecule has 0 saturated heterocycles. The molecule has 4 heterocycles. The van der Waals surface area contributed by atoms with Gasteiger partial charge in [-0.1, -0.05) is 12.1 Å². The molecule has 0 fully saturated rings. The number of nitrogens with zero attached hydrogens (tertiary/aromatic N) is 3. The minimum absolute atomic E-state index is 0.0431. The summed E-state index contributed by atoms with van der Waals surface area (Å²) in [4.78, 5) is 18.8.